The summed E-state index contributed by atoms with van der Waals surface area (Å²) >= 11 is 0. The van der Waals surface area contributed by atoms with Crippen molar-refractivity contribution in [3.8, 4) is 0 Å². The second kappa shape index (κ2) is 3.98. The van der Waals surface area contributed by atoms with E-state index in [0.717, 1.165) is 0 Å². The van der Waals surface area contributed by atoms with Crippen molar-refractivity contribution in [1.82, 2.24) is 0 Å². The van der Waals surface area contributed by atoms with Gasteiger partial charge in [0.1, 0.15) is 0 Å². The minimum absolute atomic E-state index is 0.278. The molecule has 0 aliphatic heterocycles. The number of rotatable bonds is 4. The average molecular weight is 156 g/mol. The van der Waals surface area contributed by atoms with Crippen molar-refractivity contribution in [1.29, 1.82) is 0 Å². The lowest BCUT2D eigenvalue weighted by atomic mass is 10.9. The molecule has 0 bridgehead atoms. The van der Waals surface area contributed by atoms with E-state index in [0.29, 0.717) is 0 Å². The Hall–Kier alpha value is 0.0700. The lowest BCUT2D eigenvalue weighted by Gasteiger charge is -2.01. The lowest BCUT2D eigenvalue weighted by Crippen LogP contribution is -1.96. The predicted octanol–water partition coefficient (Wildman–Crippen LogP) is 0.0897. The first-order valence-electron chi connectivity index (χ1n) is 2.35. The summed E-state index contributed by atoms with van der Waals surface area (Å²) in [6.45, 7) is 1.93. The van der Waals surface area contributed by atoms with Crippen LogP contribution in [0.1, 0.15) is 6.92 Å². The molecule has 0 heterocycles. The van der Waals surface area contributed by atoms with Crippen molar-refractivity contribution in [3.05, 3.63) is 0 Å². The Morgan fingerprint density at radius 2 is 2.00 bits per heavy atom. The van der Waals surface area contributed by atoms with E-state index in [9.17, 15) is 4.57 Å². The molecule has 56 valence electrons. The topological polar surface area (TPSA) is 76.0 Å². The minimum Gasteiger partial charge on any atom is -0.323 e. The predicted molar refractivity (Wildman–Crippen MR) is 29.6 cm³/mol. The van der Waals surface area contributed by atoms with Crippen LogP contribution in [-0.2, 0) is 14.3 Å². The van der Waals surface area contributed by atoms with Gasteiger partial charge in [-0.1, -0.05) is 0 Å². The Morgan fingerprint density at radius 1 is 1.44 bits per heavy atom. The monoisotopic (exact) mass is 156 g/mol. The zero-order valence-corrected chi connectivity index (χ0v) is 5.88. The van der Waals surface area contributed by atoms with Gasteiger partial charge in [0, 0.05) is 0 Å². The molecule has 0 aromatic carbocycles. The molecule has 0 amide bonds. The second-order valence-electron chi connectivity index (χ2n) is 1.32. The largest absolute Gasteiger partial charge is 0.354 e. The maximum absolute atomic E-state index is 10.00. The van der Waals surface area contributed by atoms with Crippen LogP contribution in [0.2, 0.25) is 0 Å². The lowest BCUT2D eigenvalue weighted by molar-refractivity contribution is -0.278. The van der Waals surface area contributed by atoms with Crippen molar-refractivity contribution in [2.24, 2.45) is 0 Å². The van der Waals surface area contributed by atoms with Gasteiger partial charge in [-0.15, -0.1) is 0 Å². The molecule has 0 aromatic heterocycles. The molecule has 5 nitrogen and oxygen atoms in total. The molecule has 0 aliphatic carbocycles. The summed E-state index contributed by atoms with van der Waals surface area (Å²) in [5.74, 6) is 0. The summed E-state index contributed by atoms with van der Waals surface area (Å²) in [5, 5.41) is 0. The summed E-state index contributed by atoms with van der Waals surface area (Å²) < 4.78 is 10.00. The van der Waals surface area contributed by atoms with Crippen LogP contribution in [0.5, 0.6) is 0 Å². The molecular formula is C3H9O5P. The molecule has 0 saturated carbocycles. The van der Waals surface area contributed by atoms with Crippen molar-refractivity contribution in [2.75, 3.05) is 13.0 Å². The molecule has 9 heavy (non-hydrogen) atoms. The third-order valence-electron chi connectivity index (χ3n) is 0.422. The zero-order chi connectivity index (χ0) is 7.33. The maximum Gasteiger partial charge on any atom is 0.354 e. The molecule has 6 heteroatoms. The SMILES string of the molecule is CCOOCP(=O)(O)O. The molecule has 0 aromatic rings. The molecule has 0 rings (SSSR count). The number of hydrogen-bond acceptors (Lipinski definition) is 3. The fourth-order valence-corrected chi connectivity index (χ4v) is 0.401. The van der Waals surface area contributed by atoms with Gasteiger partial charge in [0.2, 0.25) is 0 Å². The van der Waals surface area contributed by atoms with Gasteiger partial charge in [-0.25, -0.2) is 9.78 Å². The number of hydrogen-bond donors (Lipinski definition) is 2. The van der Waals surface area contributed by atoms with Crippen molar-refractivity contribution in [3.63, 3.8) is 0 Å². The highest BCUT2D eigenvalue weighted by Gasteiger charge is 2.12. The van der Waals surface area contributed by atoms with E-state index in [1.165, 1.54) is 0 Å². The van der Waals surface area contributed by atoms with Crippen LogP contribution in [0, 0.1) is 0 Å². The van der Waals surface area contributed by atoms with Gasteiger partial charge >= 0.3 is 7.60 Å². The summed E-state index contributed by atoms with van der Waals surface area (Å²) in [4.78, 5) is 24.6. The minimum atomic E-state index is -4.04. The Bertz CT molecular complexity index is 107. The van der Waals surface area contributed by atoms with Crippen LogP contribution >= 0.6 is 7.60 Å². The fraction of sp³-hybridized carbons (Fsp3) is 1.00. The van der Waals surface area contributed by atoms with Crippen LogP contribution in [0.3, 0.4) is 0 Å². The van der Waals surface area contributed by atoms with E-state index in [2.05, 4.69) is 9.78 Å². The van der Waals surface area contributed by atoms with Crippen molar-refractivity contribution in [2.45, 2.75) is 6.92 Å². The summed E-state index contributed by atoms with van der Waals surface area (Å²) in [7, 11) is -4.04. The Labute approximate surface area is 52.7 Å². The Balaban J connectivity index is 3.18. The molecule has 0 spiro atoms. The Kier molecular flexibility index (Phi) is 4.01. The summed E-state index contributed by atoms with van der Waals surface area (Å²) in [5.41, 5.74) is 0. The third-order valence-corrected chi connectivity index (χ3v) is 0.864. The molecule has 0 atom stereocenters. The van der Waals surface area contributed by atoms with E-state index < -0.39 is 13.9 Å². The van der Waals surface area contributed by atoms with Crippen LogP contribution in [0.15, 0.2) is 0 Å². The van der Waals surface area contributed by atoms with Crippen LogP contribution in [-0.4, -0.2) is 22.7 Å². The molecule has 0 aliphatic rings. The second-order valence-corrected chi connectivity index (χ2v) is 2.91. The van der Waals surface area contributed by atoms with E-state index in [-0.39, 0.29) is 6.61 Å². The Morgan fingerprint density at radius 3 is 2.33 bits per heavy atom. The average Bonchev–Trinajstić information content (AvgIpc) is 1.63. The summed E-state index contributed by atoms with van der Waals surface area (Å²) in [6.07, 6.45) is -0.680. The van der Waals surface area contributed by atoms with Gasteiger partial charge in [0.15, 0.2) is 6.35 Å². The molecular weight excluding hydrogens is 147 g/mol. The van der Waals surface area contributed by atoms with Gasteiger partial charge in [0.05, 0.1) is 6.61 Å². The first-order valence-corrected chi connectivity index (χ1v) is 4.15. The van der Waals surface area contributed by atoms with Gasteiger partial charge in [0.25, 0.3) is 0 Å². The van der Waals surface area contributed by atoms with Gasteiger partial charge in [-0.05, 0) is 6.92 Å². The first kappa shape index (κ1) is 9.07. The summed E-state index contributed by atoms with van der Waals surface area (Å²) in [6, 6.07) is 0. The van der Waals surface area contributed by atoms with Gasteiger partial charge in [-0.2, -0.15) is 0 Å². The molecule has 0 unspecified atom stereocenters. The smallest absolute Gasteiger partial charge is 0.323 e. The fourth-order valence-electron chi connectivity index (χ4n) is 0.189. The standard InChI is InChI=1S/C3H9O5P/c1-2-7-8-3-9(4,5)6/h2-3H2,1H3,(H2,4,5,6). The van der Waals surface area contributed by atoms with Gasteiger partial charge in [-0.3, -0.25) is 4.57 Å². The quantitative estimate of drug-likeness (QED) is 0.261. The molecule has 0 radical (unpaired) electrons. The third kappa shape index (κ3) is 8.07. The van der Waals surface area contributed by atoms with Gasteiger partial charge < -0.3 is 9.79 Å². The highest BCUT2D eigenvalue weighted by Crippen LogP contribution is 2.33. The zero-order valence-electron chi connectivity index (χ0n) is 4.98. The van der Waals surface area contributed by atoms with Crippen molar-refractivity contribution < 1.29 is 24.1 Å². The van der Waals surface area contributed by atoms with E-state index in [1.807, 2.05) is 0 Å². The van der Waals surface area contributed by atoms with Crippen LogP contribution in [0.25, 0.3) is 0 Å². The first-order chi connectivity index (χ1) is 4.06. The molecule has 0 fully saturated rings. The van der Waals surface area contributed by atoms with Crippen LogP contribution in [0.4, 0.5) is 0 Å². The molecule has 2 N–H and O–H groups in total. The van der Waals surface area contributed by atoms with E-state index in [1.54, 1.807) is 6.92 Å². The highest BCUT2D eigenvalue weighted by molar-refractivity contribution is 7.51. The van der Waals surface area contributed by atoms with E-state index >= 15 is 0 Å². The normalized spacial score (nSPS) is 11.9. The highest BCUT2D eigenvalue weighted by atomic mass is 31.2. The van der Waals surface area contributed by atoms with E-state index in [4.69, 9.17) is 9.79 Å². The molecule has 0 saturated heterocycles. The van der Waals surface area contributed by atoms with Crippen LogP contribution < -0.4 is 0 Å². The van der Waals surface area contributed by atoms with Crippen molar-refractivity contribution >= 4 is 7.60 Å². The maximum atomic E-state index is 10.00.